The summed E-state index contributed by atoms with van der Waals surface area (Å²) in [5, 5.41) is 3.74. The molecular formula is C20H23N4O3P. The van der Waals surface area contributed by atoms with E-state index in [-0.39, 0.29) is 0 Å². The van der Waals surface area contributed by atoms with Gasteiger partial charge in [-0.1, -0.05) is 12.1 Å². The predicted molar refractivity (Wildman–Crippen MR) is 112 cm³/mol. The van der Waals surface area contributed by atoms with E-state index in [1.807, 2.05) is 42.5 Å². The summed E-state index contributed by atoms with van der Waals surface area (Å²) < 4.78 is 23.6. The van der Waals surface area contributed by atoms with Crippen molar-refractivity contribution < 1.29 is 13.6 Å². The highest BCUT2D eigenvalue weighted by Gasteiger charge is 2.26. The number of rotatable bonds is 8. The van der Waals surface area contributed by atoms with Crippen LogP contribution in [0.5, 0.6) is 0 Å². The molecule has 1 heterocycles. The van der Waals surface area contributed by atoms with Gasteiger partial charge in [0, 0.05) is 23.0 Å². The van der Waals surface area contributed by atoms with Crippen LogP contribution >= 0.6 is 7.60 Å². The lowest BCUT2D eigenvalue weighted by atomic mass is 10.1. The summed E-state index contributed by atoms with van der Waals surface area (Å²) in [6.45, 7) is 4.19. The first-order chi connectivity index (χ1) is 13.5. The number of nitrogens with two attached hydrogens (primary N) is 1. The first-order valence-corrected chi connectivity index (χ1v) is 10.5. The Balaban J connectivity index is 1.79. The molecule has 3 rings (SSSR count). The van der Waals surface area contributed by atoms with E-state index in [2.05, 4.69) is 15.3 Å². The van der Waals surface area contributed by atoms with Crippen LogP contribution in [0.2, 0.25) is 0 Å². The van der Waals surface area contributed by atoms with Crippen molar-refractivity contribution in [3.05, 3.63) is 60.9 Å². The zero-order valence-electron chi connectivity index (χ0n) is 15.8. The van der Waals surface area contributed by atoms with Crippen LogP contribution in [-0.4, -0.2) is 23.2 Å². The van der Waals surface area contributed by atoms with E-state index in [1.54, 1.807) is 26.0 Å². The topological polar surface area (TPSA) is 99.4 Å². The number of nitrogens with zero attached hydrogens (tertiary/aromatic N) is 2. The van der Waals surface area contributed by atoms with Crippen LogP contribution in [0.1, 0.15) is 13.8 Å². The van der Waals surface area contributed by atoms with Gasteiger partial charge in [0.05, 0.1) is 24.2 Å². The molecule has 0 unspecified atom stereocenters. The zero-order valence-corrected chi connectivity index (χ0v) is 16.7. The summed E-state index contributed by atoms with van der Waals surface area (Å²) in [6.07, 6.45) is 1.49. The van der Waals surface area contributed by atoms with E-state index in [1.165, 1.54) is 6.33 Å². The highest BCUT2D eigenvalue weighted by atomic mass is 31.2. The van der Waals surface area contributed by atoms with Gasteiger partial charge in [0.25, 0.3) is 0 Å². The van der Waals surface area contributed by atoms with Gasteiger partial charge in [0.2, 0.25) is 0 Å². The molecule has 0 bridgehead atoms. The Morgan fingerprint density at radius 2 is 1.71 bits per heavy atom. The Labute approximate surface area is 164 Å². The van der Waals surface area contributed by atoms with Crippen molar-refractivity contribution in [1.29, 1.82) is 0 Å². The van der Waals surface area contributed by atoms with Gasteiger partial charge >= 0.3 is 7.60 Å². The Bertz CT molecular complexity index is 969. The first-order valence-electron chi connectivity index (χ1n) is 8.99. The monoisotopic (exact) mass is 398 g/mol. The molecule has 0 spiro atoms. The lowest BCUT2D eigenvalue weighted by Crippen LogP contribution is -2.10. The second-order valence-electron chi connectivity index (χ2n) is 5.92. The highest BCUT2D eigenvalue weighted by molar-refractivity contribution is 7.62. The van der Waals surface area contributed by atoms with Gasteiger partial charge in [0.15, 0.2) is 0 Å². The molecule has 0 fully saturated rings. The first kappa shape index (κ1) is 20.0. The van der Waals surface area contributed by atoms with Gasteiger partial charge in [-0.25, -0.2) is 9.97 Å². The molecule has 0 saturated carbocycles. The molecule has 0 radical (unpaired) electrons. The van der Waals surface area contributed by atoms with Crippen LogP contribution in [0.3, 0.4) is 0 Å². The molecule has 146 valence electrons. The lowest BCUT2D eigenvalue weighted by Gasteiger charge is -2.17. The van der Waals surface area contributed by atoms with E-state index < -0.39 is 7.60 Å². The van der Waals surface area contributed by atoms with Crippen LogP contribution in [0.15, 0.2) is 60.9 Å². The summed E-state index contributed by atoms with van der Waals surface area (Å²) in [4.78, 5) is 8.56. The van der Waals surface area contributed by atoms with E-state index in [4.69, 9.17) is 14.8 Å². The van der Waals surface area contributed by atoms with Gasteiger partial charge in [-0.05, 0) is 50.2 Å². The van der Waals surface area contributed by atoms with Gasteiger partial charge in [-0.2, -0.15) is 0 Å². The normalized spacial score (nSPS) is 11.4. The zero-order chi connectivity index (χ0) is 20.0. The van der Waals surface area contributed by atoms with Crippen LogP contribution in [-0.2, 0) is 13.6 Å². The van der Waals surface area contributed by atoms with Crippen molar-refractivity contribution in [3.8, 4) is 11.3 Å². The molecule has 7 nitrogen and oxygen atoms in total. The summed E-state index contributed by atoms with van der Waals surface area (Å²) in [6, 6.07) is 16.4. The molecule has 0 aliphatic carbocycles. The van der Waals surface area contributed by atoms with E-state index in [0.717, 1.165) is 16.9 Å². The maximum absolute atomic E-state index is 12.8. The molecule has 3 N–H and O–H groups in total. The third-order valence-corrected chi connectivity index (χ3v) is 6.03. The Morgan fingerprint density at radius 1 is 1.00 bits per heavy atom. The van der Waals surface area contributed by atoms with Crippen molar-refractivity contribution in [3.63, 3.8) is 0 Å². The maximum atomic E-state index is 12.8. The number of hydrogen-bond acceptors (Lipinski definition) is 7. The fourth-order valence-electron chi connectivity index (χ4n) is 2.68. The molecule has 0 atom stereocenters. The Hall–Kier alpha value is -2.73. The number of nitrogen functional groups attached to an aromatic ring is 1. The fraction of sp³-hybridized carbons (Fsp3) is 0.200. The fourth-order valence-corrected chi connectivity index (χ4v) is 4.25. The molecule has 0 aliphatic heterocycles. The standard InChI is InChI=1S/C20H23N4O3P/c1-3-26-28(25,27-4-2)18-10-8-17(9-11-18)24-20-13-19(22-14-23-20)15-6-5-7-16(21)12-15/h5-14H,3-4,21H2,1-2H3,(H,22,23,24). The van der Waals surface area contributed by atoms with Crippen LogP contribution in [0.25, 0.3) is 11.3 Å². The number of anilines is 3. The SMILES string of the molecule is CCOP(=O)(OCC)c1ccc(Nc2cc(-c3cccc(N)c3)ncn2)cc1. The second-order valence-corrected chi connectivity index (χ2v) is 7.95. The van der Waals surface area contributed by atoms with Crippen molar-refractivity contribution in [2.75, 3.05) is 24.3 Å². The quantitative estimate of drug-likeness (QED) is 0.429. The van der Waals surface area contributed by atoms with Crippen molar-refractivity contribution in [2.45, 2.75) is 13.8 Å². The smallest absolute Gasteiger partial charge is 0.361 e. The summed E-state index contributed by atoms with van der Waals surface area (Å²) >= 11 is 0. The third kappa shape index (κ3) is 4.75. The van der Waals surface area contributed by atoms with Crippen LogP contribution in [0.4, 0.5) is 17.2 Å². The van der Waals surface area contributed by atoms with Gasteiger partial charge < -0.3 is 20.1 Å². The molecule has 0 aliphatic rings. The predicted octanol–water partition coefficient (Wildman–Crippen LogP) is 4.36. The van der Waals surface area contributed by atoms with E-state index in [0.29, 0.717) is 30.0 Å². The second kappa shape index (κ2) is 8.97. The number of nitrogens with one attached hydrogen (secondary N) is 1. The minimum atomic E-state index is -3.29. The van der Waals surface area contributed by atoms with E-state index >= 15 is 0 Å². The number of hydrogen-bond donors (Lipinski definition) is 2. The van der Waals surface area contributed by atoms with Crippen LogP contribution in [0, 0.1) is 0 Å². The Morgan fingerprint density at radius 3 is 2.36 bits per heavy atom. The lowest BCUT2D eigenvalue weighted by molar-refractivity contribution is 0.230. The Kier molecular flexibility index (Phi) is 6.41. The molecule has 1 aromatic heterocycles. The molecule has 3 aromatic rings. The van der Waals surface area contributed by atoms with Crippen molar-refractivity contribution in [2.24, 2.45) is 0 Å². The van der Waals surface area contributed by atoms with Gasteiger partial charge in [-0.15, -0.1) is 0 Å². The molecule has 28 heavy (non-hydrogen) atoms. The molecular weight excluding hydrogens is 375 g/mol. The molecule has 2 aromatic carbocycles. The largest absolute Gasteiger partial charge is 0.399 e. The third-order valence-electron chi connectivity index (χ3n) is 3.90. The molecule has 0 saturated heterocycles. The number of benzene rings is 2. The average molecular weight is 398 g/mol. The summed E-state index contributed by atoms with van der Waals surface area (Å²) in [5.74, 6) is 0.637. The summed E-state index contributed by atoms with van der Waals surface area (Å²) in [7, 11) is -3.29. The van der Waals surface area contributed by atoms with Crippen molar-refractivity contribution in [1.82, 2.24) is 9.97 Å². The van der Waals surface area contributed by atoms with Gasteiger partial charge in [-0.3, -0.25) is 4.57 Å². The summed E-state index contributed by atoms with van der Waals surface area (Å²) in [5.41, 5.74) is 8.99. The maximum Gasteiger partial charge on any atom is 0.361 e. The molecule has 8 heteroatoms. The van der Waals surface area contributed by atoms with Crippen LogP contribution < -0.4 is 16.4 Å². The minimum Gasteiger partial charge on any atom is -0.399 e. The average Bonchev–Trinajstić information content (AvgIpc) is 2.69. The highest BCUT2D eigenvalue weighted by Crippen LogP contribution is 2.46. The van der Waals surface area contributed by atoms with Crippen molar-refractivity contribution >= 4 is 30.1 Å². The minimum absolute atomic E-state index is 0.311. The number of aromatic nitrogens is 2. The molecule has 0 amide bonds. The van der Waals surface area contributed by atoms with Gasteiger partial charge in [0.1, 0.15) is 12.1 Å². The van der Waals surface area contributed by atoms with E-state index in [9.17, 15) is 4.57 Å².